The van der Waals surface area contributed by atoms with E-state index < -0.39 is 30.9 Å². The first-order valence-corrected chi connectivity index (χ1v) is 12.1. The van der Waals surface area contributed by atoms with Gasteiger partial charge >= 0.3 is 5.76 Å². The van der Waals surface area contributed by atoms with E-state index in [9.17, 15) is 17.2 Å². The number of rotatable bonds is 5. The SMILES string of the molecule is COC1(Cl)C=CC(C2=C(c3ccc(S(=O)(=O)C(F)F)cc3)CC3(CC3)C2)=C(Cl)C1Cl. The van der Waals surface area contributed by atoms with Crippen LogP contribution in [0.3, 0.4) is 0 Å². The molecule has 9 heteroatoms. The molecule has 3 aliphatic rings. The van der Waals surface area contributed by atoms with Crippen LogP contribution in [0.25, 0.3) is 5.57 Å². The molecule has 0 saturated heterocycles. The fourth-order valence-corrected chi connectivity index (χ4v) is 5.69. The maximum atomic E-state index is 12.8. The second-order valence-corrected chi connectivity index (χ2v) is 11.4. The Bertz CT molecular complexity index is 1070. The van der Waals surface area contributed by atoms with Crippen molar-refractivity contribution < 1.29 is 21.9 Å². The summed E-state index contributed by atoms with van der Waals surface area (Å²) in [4.78, 5) is -0.398. The summed E-state index contributed by atoms with van der Waals surface area (Å²) in [6.45, 7) is 0. The van der Waals surface area contributed by atoms with Gasteiger partial charge in [-0.25, -0.2) is 8.42 Å². The third kappa shape index (κ3) is 3.65. The number of benzene rings is 1. The van der Waals surface area contributed by atoms with Gasteiger partial charge in [0.2, 0.25) is 9.84 Å². The number of sulfone groups is 1. The molecule has 3 aliphatic carbocycles. The number of methoxy groups -OCH3 is 1. The Labute approximate surface area is 189 Å². The Kier molecular flexibility index (Phi) is 5.64. The topological polar surface area (TPSA) is 43.4 Å². The lowest BCUT2D eigenvalue weighted by Gasteiger charge is -2.31. The zero-order valence-electron chi connectivity index (χ0n) is 16.0. The summed E-state index contributed by atoms with van der Waals surface area (Å²) in [6, 6.07) is 5.61. The van der Waals surface area contributed by atoms with Crippen LogP contribution in [0.2, 0.25) is 0 Å². The van der Waals surface area contributed by atoms with Crippen molar-refractivity contribution in [1.29, 1.82) is 0 Å². The average Bonchev–Trinajstić information content (AvgIpc) is 3.37. The normalized spacial score (nSPS) is 28.2. The monoisotopic (exact) mass is 494 g/mol. The van der Waals surface area contributed by atoms with Gasteiger partial charge in [0.15, 0.2) is 5.06 Å². The van der Waals surface area contributed by atoms with Crippen molar-refractivity contribution in [3.8, 4) is 0 Å². The summed E-state index contributed by atoms with van der Waals surface area (Å²) < 4.78 is 54.4. The van der Waals surface area contributed by atoms with Gasteiger partial charge in [-0.3, -0.25) is 0 Å². The number of hydrogen-bond donors (Lipinski definition) is 0. The molecule has 1 aromatic rings. The summed E-state index contributed by atoms with van der Waals surface area (Å²) in [5.74, 6) is -3.45. The van der Waals surface area contributed by atoms with E-state index in [1.807, 2.05) is 6.08 Å². The molecule has 0 radical (unpaired) electrons. The predicted molar refractivity (Wildman–Crippen MR) is 115 cm³/mol. The van der Waals surface area contributed by atoms with Crippen molar-refractivity contribution in [2.24, 2.45) is 5.41 Å². The largest absolute Gasteiger partial charge is 0.357 e. The lowest BCUT2D eigenvalue weighted by molar-refractivity contribution is 0.108. The van der Waals surface area contributed by atoms with E-state index in [4.69, 9.17) is 39.5 Å². The van der Waals surface area contributed by atoms with Gasteiger partial charge in [0.1, 0.15) is 5.38 Å². The van der Waals surface area contributed by atoms with Crippen LogP contribution in [-0.4, -0.2) is 31.7 Å². The second-order valence-electron chi connectivity index (χ2n) is 8.00. The van der Waals surface area contributed by atoms with Crippen LogP contribution in [0.5, 0.6) is 0 Å². The number of ether oxygens (including phenoxy) is 1. The molecule has 2 atom stereocenters. The third-order valence-electron chi connectivity index (χ3n) is 6.13. The van der Waals surface area contributed by atoms with Crippen LogP contribution in [0, 0.1) is 5.41 Å². The van der Waals surface area contributed by atoms with Gasteiger partial charge < -0.3 is 4.74 Å². The van der Waals surface area contributed by atoms with Crippen molar-refractivity contribution in [3.63, 3.8) is 0 Å². The summed E-state index contributed by atoms with van der Waals surface area (Å²) >= 11 is 19.5. The van der Waals surface area contributed by atoms with Crippen molar-refractivity contribution >= 4 is 50.2 Å². The van der Waals surface area contributed by atoms with Crippen LogP contribution >= 0.6 is 34.8 Å². The molecular weight excluding hydrogens is 477 g/mol. The van der Waals surface area contributed by atoms with Crippen molar-refractivity contribution in [2.75, 3.05) is 7.11 Å². The second kappa shape index (κ2) is 7.59. The average molecular weight is 496 g/mol. The van der Waals surface area contributed by atoms with E-state index in [2.05, 4.69) is 0 Å². The quantitative estimate of drug-likeness (QED) is 0.453. The van der Waals surface area contributed by atoms with Gasteiger partial charge in [0.05, 0.1) is 4.90 Å². The van der Waals surface area contributed by atoms with Gasteiger partial charge in [-0.05, 0) is 71.6 Å². The molecule has 0 N–H and O–H groups in total. The molecule has 0 aliphatic heterocycles. The zero-order chi connectivity index (χ0) is 21.9. The molecular formula is C21H19Cl3F2O3S. The number of allylic oxidation sites excluding steroid dienone is 4. The lowest BCUT2D eigenvalue weighted by atomic mass is 9.92. The van der Waals surface area contributed by atoms with Crippen molar-refractivity contribution in [2.45, 2.75) is 46.8 Å². The highest BCUT2D eigenvalue weighted by Crippen LogP contribution is 2.63. The minimum atomic E-state index is -4.63. The molecule has 30 heavy (non-hydrogen) atoms. The maximum Gasteiger partial charge on any atom is 0.341 e. The molecule has 162 valence electrons. The summed E-state index contributed by atoms with van der Waals surface area (Å²) in [5.41, 5.74) is 3.80. The Morgan fingerprint density at radius 1 is 1.13 bits per heavy atom. The van der Waals surface area contributed by atoms with Crippen LogP contribution in [0.15, 0.2) is 57.5 Å². The van der Waals surface area contributed by atoms with Crippen LogP contribution < -0.4 is 0 Å². The molecule has 1 saturated carbocycles. The molecule has 0 heterocycles. The summed E-state index contributed by atoms with van der Waals surface area (Å²) in [6.07, 6.45) is 7.30. The fraction of sp³-hybridized carbons (Fsp3) is 0.429. The molecule has 1 spiro atoms. The predicted octanol–water partition coefficient (Wildman–Crippen LogP) is 6.26. The fourth-order valence-electron chi connectivity index (χ4n) is 4.13. The first-order chi connectivity index (χ1) is 14.0. The molecule has 0 aromatic heterocycles. The van der Waals surface area contributed by atoms with E-state index in [0.29, 0.717) is 5.03 Å². The maximum absolute atomic E-state index is 12.8. The van der Waals surface area contributed by atoms with E-state index in [1.165, 1.54) is 19.2 Å². The highest BCUT2D eigenvalue weighted by Gasteiger charge is 2.50. The Morgan fingerprint density at radius 2 is 1.73 bits per heavy atom. The summed E-state index contributed by atoms with van der Waals surface area (Å²) in [5, 5.41) is -1.61. The van der Waals surface area contributed by atoms with Crippen LogP contribution in [0.4, 0.5) is 8.78 Å². The third-order valence-corrected chi connectivity index (χ3v) is 9.22. The molecule has 3 nitrogen and oxygen atoms in total. The molecule has 2 unspecified atom stereocenters. The van der Waals surface area contributed by atoms with E-state index in [1.54, 1.807) is 18.2 Å². The first kappa shape index (κ1) is 22.3. The molecule has 1 fully saturated rings. The van der Waals surface area contributed by atoms with Gasteiger partial charge in [-0.1, -0.05) is 41.4 Å². The van der Waals surface area contributed by atoms with Crippen molar-refractivity contribution in [3.05, 3.63) is 58.2 Å². The van der Waals surface area contributed by atoms with Crippen LogP contribution in [-0.2, 0) is 14.6 Å². The summed E-state index contributed by atoms with van der Waals surface area (Å²) in [7, 11) is -3.18. The van der Waals surface area contributed by atoms with Gasteiger partial charge in [0.25, 0.3) is 0 Å². The van der Waals surface area contributed by atoms with Crippen LogP contribution in [0.1, 0.15) is 31.2 Å². The van der Waals surface area contributed by atoms with Gasteiger partial charge in [0, 0.05) is 12.1 Å². The van der Waals surface area contributed by atoms with Gasteiger partial charge in [-0.2, -0.15) is 8.78 Å². The Balaban J connectivity index is 1.76. The van der Waals surface area contributed by atoms with E-state index >= 15 is 0 Å². The smallest absolute Gasteiger partial charge is 0.341 e. The molecule has 0 bridgehead atoms. The molecule has 1 aromatic carbocycles. The number of halogens is 5. The Hall–Kier alpha value is -0.920. The molecule has 4 rings (SSSR count). The van der Waals surface area contributed by atoms with E-state index in [-0.39, 0.29) is 5.41 Å². The first-order valence-electron chi connectivity index (χ1n) is 9.35. The minimum absolute atomic E-state index is 0.176. The van der Waals surface area contributed by atoms with Gasteiger partial charge in [-0.15, -0.1) is 11.6 Å². The standard InChI is InChI=1S/C21H19Cl3F2O3S/c1-29-21(24)7-6-14(17(22)18(21)23)16-11-20(8-9-20)10-15(16)12-2-4-13(5-3-12)30(27,28)19(25)26/h2-7,18-19H,8-11H2,1H3. The van der Waals surface area contributed by atoms with Crippen molar-refractivity contribution in [1.82, 2.24) is 0 Å². The number of alkyl halides is 4. The lowest BCUT2D eigenvalue weighted by Crippen LogP contribution is -2.35. The minimum Gasteiger partial charge on any atom is -0.357 e. The van der Waals surface area contributed by atoms with E-state index in [0.717, 1.165) is 48.0 Å². The Morgan fingerprint density at radius 3 is 2.27 bits per heavy atom. The highest BCUT2D eigenvalue weighted by atomic mass is 35.5. The molecule has 0 amide bonds. The highest BCUT2D eigenvalue weighted by molar-refractivity contribution is 7.91. The number of hydrogen-bond acceptors (Lipinski definition) is 3. The zero-order valence-corrected chi connectivity index (χ0v) is 19.1.